The fourth-order valence-electron chi connectivity index (χ4n) is 2.47. The van der Waals surface area contributed by atoms with E-state index in [4.69, 9.17) is 14.0 Å². The van der Waals surface area contributed by atoms with E-state index in [2.05, 4.69) is 10.5 Å². The van der Waals surface area contributed by atoms with Crippen molar-refractivity contribution in [1.29, 1.82) is 0 Å². The van der Waals surface area contributed by atoms with Gasteiger partial charge < -0.3 is 19.3 Å². The number of aryl methyl sites for hydroxylation is 2. The van der Waals surface area contributed by atoms with Crippen LogP contribution in [0.4, 0.5) is 5.69 Å². The number of nitrogens with zero attached hydrogens (tertiary/aromatic N) is 1. The Morgan fingerprint density at radius 1 is 1.26 bits per heavy atom. The summed E-state index contributed by atoms with van der Waals surface area (Å²) >= 11 is 0. The lowest BCUT2D eigenvalue weighted by Crippen LogP contribution is -2.16. The van der Waals surface area contributed by atoms with E-state index < -0.39 is 0 Å². The van der Waals surface area contributed by atoms with E-state index in [0.29, 0.717) is 46.2 Å². The molecular formula is C16H16N2O5. The number of carbonyl (C=O) groups excluding carboxylic acids is 2. The number of rotatable bonds is 4. The maximum Gasteiger partial charge on any atom is 0.261 e. The van der Waals surface area contributed by atoms with Crippen molar-refractivity contribution in [2.75, 3.05) is 12.1 Å². The van der Waals surface area contributed by atoms with Crippen LogP contribution in [0.25, 0.3) is 0 Å². The number of aromatic nitrogens is 1. The number of Topliss-reactive ketones (excluding diaryl/α,β-unsaturated/α-hetero) is 1. The molecule has 1 N–H and O–H groups in total. The first kappa shape index (κ1) is 15.1. The van der Waals surface area contributed by atoms with Crippen LogP contribution < -0.4 is 14.8 Å². The standard InChI is InChI=1S/C16H16N2O5/c1-4-11-15(9(3)23-18-11)16(20)17-12-6-14-13(21-7-22-14)5-10(12)8(2)19/h5-6H,4,7H2,1-3H3,(H,17,20). The molecule has 0 radical (unpaired) electrons. The number of hydrogen-bond donors (Lipinski definition) is 1. The van der Waals surface area contributed by atoms with Gasteiger partial charge in [-0.3, -0.25) is 9.59 Å². The molecule has 1 aromatic carbocycles. The molecule has 1 aliphatic heterocycles. The van der Waals surface area contributed by atoms with Crippen LogP contribution in [0, 0.1) is 6.92 Å². The third kappa shape index (κ3) is 2.65. The number of benzene rings is 1. The molecule has 3 rings (SSSR count). The average molecular weight is 316 g/mol. The van der Waals surface area contributed by atoms with Crippen molar-refractivity contribution in [1.82, 2.24) is 5.16 Å². The molecule has 0 saturated heterocycles. The van der Waals surface area contributed by atoms with Gasteiger partial charge in [0.25, 0.3) is 5.91 Å². The summed E-state index contributed by atoms with van der Waals surface area (Å²) in [5, 5.41) is 6.61. The van der Waals surface area contributed by atoms with E-state index in [1.165, 1.54) is 6.92 Å². The predicted octanol–water partition coefficient (Wildman–Crippen LogP) is 2.73. The maximum atomic E-state index is 12.6. The number of ketones is 1. The summed E-state index contributed by atoms with van der Waals surface area (Å²) in [7, 11) is 0. The summed E-state index contributed by atoms with van der Waals surface area (Å²) in [6, 6.07) is 3.16. The number of anilines is 1. The topological polar surface area (TPSA) is 90.7 Å². The molecule has 0 bridgehead atoms. The SMILES string of the molecule is CCc1noc(C)c1C(=O)Nc1cc2c(cc1C(C)=O)OCO2. The molecule has 0 spiro atoms. The highest BCUT2D eigenvalue weighted by molar-refractivity contribution is 6.10. The van der Waals surface area contributed by atoms with Crippen LogP contribution in [-0.2, 0) is 6.42 Å². The third-order valence-electron chi connectivity index (χ3n) is 3.64. The number of hydrogen-bond acceptors (Lipinski definition) is 6. The zero-order chi connectivity index (χ0) is 16.6. The van der Waals surface area contributed by atoms with Gasteiger partial charge in [0.2, 0.25) is 6.79 Å². The second kappa shape index (κ2) is 5.75. The molecule has 0 atom stereocenters. The van der Waals surface area contributed by atoms with Gasteiger partial charge in [0, 0.05) is 11.6 Å². The van der Waals surface area contributed by atoms with Crippen molar-refractivity contribution in [3.8, 4) is 11.5 Å². The second-order valence-corrected chi connectivity index (χ2v) is 5.18. The van der Waals surface area contributed by atoms with Gasteiger partial charge in [-0.2, -0.15) is 0 Å². The summed E-state index contributed by atoms with van der Waals surface area (Å²) in [6.07, 6.45) is 0.570. The fraction of sp³-hybridized carbons (Fsp3) is 0.312. The molecular weight excluding hydrogens is 300 g/mol. The Labute approximate surface area is 132 Å². The van der Waals surface area contributed by atoms with Crippen LogP contribution >= 0.6 is 0 Å². The second-order valence-electron chi connectivity index (χ2n) is 5.18. The largest absolute Gasteiger partial charge is 0.454 e. The van der Waals surface area contributed by atoms with Gasteiger partial charge >= 0.3 is 0 Å². The number of fused-ring (bicyclic) bond motifs is 1. The summed E-state index contributed by atoms with van der Waals surface area (Å²) in [5.41, 5.74) is 1.69. The van der Waals surface area contributed by atoms with E-state index in [1.807, 2.05) is 6.92 Å². The predicted molar refractivity (Wildman–Crippen MR) is 81.1 cm³/mol. The lowest BCUT2D eigenvalue weighted by molar-refractivity contribution is 0.101. The van der Waals surface area contributed by atoms with Gasteiger partial charge in [0.15, 0.2) is 17.3 Å². The zero-order valence-corrected chi connectivity index (χ0v) is 13.1. The highest BCUT2D eigenvalue weighted by Crippen LogP contribution is 2.37. The fourth-order valence-corrected chi connectivity index (χ4v) is 2.47. The monoisotopic (exact) mass is 316 g/mol. The normalized spacial score (nSPS) is 12.3. The third-order valence-corrected chi connectivity index (χ3v) is 3.64. The first-order chi connectivity index (χ1) is 11.0. The lowest BCUT2D eigenvalue weighted by Gasteiger charge is -2.10. The van der Waals surface area contributed by atoms with E-state index in [9.17, 15) is 9.59 Å². The highest BCUT2D eigenvalue weighted by atomic mass is 16.7. The summed E-state index contributed by atoms with van der Waals surface area (Å²) in [5.74, 6) is 0.856. The highest BCUT2D eigenvalue weighted by Gasteiger charge is 2.23. The maximum absolute atomic E-state index is 12.6. The number of carbonyl (C=O) groups is 2. The quantitative estimate of drug-likeness (QED) is 0.872. The lowest BCUT2D eigenvalue weighted by atomic mass is 10.1. The van der Waals surface area contributed by atoms with Gasteiger partial charge in [0.1, 0.15) is 11.3 Å². The molecule has 1 aromatic heterocycles. The Morgan fingerprint density at radius 3 is 2.61 bits per heavy atom. The van der Waals surface area contributed by atoms with Gasteiger partial charge in [-0.15, -0.1) is 0 Å². The molecule has 0 unspecified atom stereocenters. The Morgan fingerprint density at radius 2 is 1.96 bits per heavy atom. The molecule has 2 aromatic rings. The summed E-state index contributed by atoms with van der Waals surface area (Å²) in [6.45, 7) is 5.08. The van der Waals surface area contributed by atoms with Crippen LogP contribution in [0.5, 0.6) is 11.5 Å². The van der Waals surface area contributed by atoms with Crippen LogP contribution in [0.15, 0.2) is 16.7 Å². The molecule has 120 valence electrons. The molecule has 23 heavy (non-hydrogen) atoms. The molecule has 7 heteroatoms. The molecule has 0 saturated carbocycles. The van der Waals surface area contributed by atoms with Gasteiger partial charge in [-0.05, 0) is 26.3 Å². The van der Waals surface area contributed by atoms with Gasteiger partial charge in [-0.1, -0.05) is 12.1 Å². The van der Waals surface area contributed by atoms with Crippen molar-refractivity contribution in [3.05, 3.63) is 34.7 Å². The zero-order valence-electron chi connectivity index (χ0n) is 13.1. The van der Waals surface area contributed by atoms with Gasteiger partial charge in [0.05, 0.1) is 11.4 Å². The molecule has 1 amide bonds. The first-order valence-electron chi connectivity index (χ1n) is 7.22. The average Bonchev–Trinajstić information content (AvgIpc) is 3.11. The number of amides is 1. The molecule has 0 aliphatic carbocycles. The first-order valence-corrected chi connectivity index (χ1v) is 7.22. The smallest absolute Gasteiger partial charge is 0.261 e. The number of nitrogens with one attached hydrogen (secondary N) is 1. The minimum absolute atomic E-state index is 0.0921. The van der Waals surface area contributed by atoms with Crippen LogP contribution in [-0.4, -0.2) is 23.6 Å². The number of ether oxygens (including phenoxy) is 2. The van der Waals surface area contributed by atoms with Crippen molar-refractivity contribution >= 4 is 17.4 Å². The van der Waals surface area contributed by atoms with E-state index in [-0.39, 0.29) is 18.5 Å². The molecule has 1 aliphatic rings. The molecule has 2 heterocycles. The molecule has 7 nitrogen and oxygen atoms in total. The van der Waals surface area contributed by atoms with E-state index in [1.54, 1.807) is 19.1 Å². The Bertz CT molecular complexity index is 794. The summed E-state index contributed by atoms with van der Waals surface area (Å²) < 4.78 is 15.6. The van der Waals surface area contributed by atoms with Crippen LogP contribution in [0.3, 0.4) is 0 Å². The van der Waals surface area contributed by atoms with Crippen molar-refractivity contribution < 1.29 is 23.6 Å². The van der Waals surface area contributed by atoms with E-state index >= 15 is 0 Å². The van der Waals surface area contributed by atoms with E-state index in [0.717, 1.165) is 0 Å². The minimum atomic E-state index is -0.373. The van der Waals surface area contributed by atoms with Crippen molar-refractivity contribution in [2.24, 2.45) is 0 Å². The van der Waals surface area contributed by atoms with Crippen molar-refractivity contribution in [3.63, 3.8) is 0 Å². The van der Waals surface area contributed by atoms with Crippen molar-refractivity contribution in [2.45, 2.75) is 27.2 Å². The minimum Gasteiger partial charge on any atom is -0.454 e. The molecule has 0 fully saturated rings. The van der Waals surface area contributed by atoms with Crippen LogP contribution in [0.2, 0.25) is 0 Å². The Balaban J connectivity index is 1.98. The van der Waals surface area contributed by atoms with Crippen LogP contribution in [0.1, 0.15) is 46.0 Å². The summed E-state index contributed by atoms with van der Waals surface area (Å²) in [4.78, 5) is 24.4. The Kier molecular flexibility index (Phi) is 3.77. The Hall–Kier alpha value is -2.83. The van der Waals surface area contributed by atoms with Gasteiger partial charge in [-0.25, -0.2) is 0 Å².